The van der Waals surface area contributed by atoms with E-state index in [9.17, 15) is 0 Å². The Morgan fingerprint density at radius 2 is 2.24 bits per heavy atom. The lowest BCUT2D eigenvalue weighted by atomic mass is 10.0. The van der Waals surface area contributed by atoms with Gasteiger partial charge in [0, 0.05) is 11.8 Å². The van der Waals surface area contributed by atoms with Crippen molar-refractivity contribution in [2.75, 3.05) is 0 Å². The van der Waals surface area contributed by atoms with E-state index in [-0.39, 0.29) is 6.04 Å². The molecule has 2 aromatic rings. The smallest absolute Gasteiger partial charge is 0.0897 e. The van der Waals surface area contributed by atoms with Crippen molar-refractivity contribution in [1.29, 1.82) is 0 Å². The van der Waals surface area contributed by atoms with Crippen LogP contribution in [-0.2, 0) is 6.42 Å². The van der Waals surface area contributed by atoms with Gasteiger partial charge >= 0.3 is 0 Å². The maximum atomic E-state index is 5.64. The molecule has 0 bridgehead atoms. The van der Waals surface area contributed by atoms with E-state index in [4.69, 9.17) is 5.84 Å². The van der Waals surface area contributed by atoms with Gasteiger partial charge in [0.05, 0.1) is 16.7 Å². The van der Waals surface area contributed by atoms with Crippen molar-refractivity contribution in [3.05, 3.63) is 51.5 Å². The van der Waals surface area contributed by atoms with Crippen LogP contribution >= 0.6 is 11.3 Å². The molecule has 3 N–H and O–H groups in total. The molecule has 90 valence electrons. The predicted octanol–water partition coefficient (Wildman–Crippen LogP) is 2.51. The zero-order valence-electron chi connectivity index (χ0n) is 10.1. The first-order chi connectivity index (χ1) is 8.19. The van der Waals surface area contributed by atoms with Gasteiger partial charge in [-0.2, -0.15) is 0 Å². The first-order valence-electron chi connectivity index (χ1n) is 5.62. The molecule has 0 fully saturated rings. The monoisotopic (exact) mass is 247 g/mol. The Bertz CT molecular complexity index is 493. The first-order valence-corrected chi connectivity index (χ1v) is 6.50. The summed E-state index contributed by atoms with van der Waals surface area (Å²) in [6, 6.07) is 8.52. The van der Waals surface area contributed by atoms with E-state index >= 15 is 0 Å². The lowest BCUT2D eigenvalue weighted by Gasteiger charge is -2.15. The molecule has 0 saturated heterocycles. The van der Waals surface area contributed by atoms with Gasteiger partial charge in [-0.15, -0.1) is 11.3 Å². The molecule has 0 aliphatic rings. The molecule has 4 heteroatoms. The Kier molecular flexibility index (Phi) is 3.89. The molecule has 0 aliphatic heterocycles. The van der Waals surface area contributed by atoms with Crippen LogP contribution in [0.3, 0.4) is 0 Å². The summed E-state index contributed by atoms with van der Waals surface area (Å²) < 4.78 is 0. The van der Waals surface area contributed by atoms with Crippen LogP contribution in [0, 0.1) is 13.8 Å². The minimum Gasteiger partial charge on any atom is -0.271 e. The van der Waals surface area contributed by atoms with Gasteiger partial charge < -0.3 is 0 Å². The molecule has 0 amide bonds. The summed E-state index contributed by atoms with van der Waals surface area (Å²) >= 11 is 1.68. The van der Waals surface area contributed by atoms with Gasteiger partial charge in [0.15, 0.2) is 0 Å². The highest BCUT2D eigenvalue weighted by Gasteiger charge is 2.12. The van der Waals surface area contributed by atoms with Crippen LogP contribution < -0.4 is 11.3 Å². The highest BCUT2D eigenvalue weighted by Crippen LogP contribution is 2.19. The van der Waals surface area contributed by atoms with Crippen molar-refractivity contribution in [3.63, 3.8) is 0 Å². The Morgan fingerprint density at radius 3 is 2.82 bits per heavy atom. The van der Waals surface area contributed by atoms with Crippen molar-refractivity contribution < 1.29 is 0 Å². The maximum Gasteiger partial charge on any atom is 0.0897 e. The van der Waals surface area contributed by atoms with E-state index in [2.05, 4.69) is 47.0 Å². The van der Waals surface area contributed by atoms with Crippen molar-refractivity contribution in [2.24, 2.45) is 5.84 Å². The SMILES string of the molecule is Cc1cccc(C(Cc2csc(C)n2)NN)c1. The number of thiazole rings is 1. The van der Waals surface area contributed by atoms with Crippen LogP contribution in [0.4, 0.5) is 0 Å². The average molecular weight is 247 g/mol. The molecule has 0 spiro atoms. The van der Waals surface area contributed by atoms with Crippen LogP contribution in [0.15, 0.2) is 29.6 Å². The Labute approximate surface area is 106 Å². The second-order valence-corrected chi connectivity index (χ2v) is 5.26. The fourth-order valence-corrected chi connectivity index (χ4v) is 2.50. The summed E-state index contributed by atoms with van der Waals surface area (Å²) in [5.74, 6) is 5.64. The lowest BCUT2D eigenvalue weighted by Crippen LogP contribution is -2.29. The van der Waals surface area contributed by atoms with Gasteiger partial charge in [0.1, 0.15) is 0 Å². The molecule has 17 heavy (non-hydrogen) atoms. The number of hydrazine groups is 1. The second kappa shape index (κ2) is 5.40. The van der Waals surface area contributed by atoms with E-state index in [1.807, 2.05) is 6.92 Å². The number of hydrogen-bond acceptors (Lipinski definition) is 4. The minimum absolute atomic E-state index is 0.122. The fourth-order valence-electron chi connectivity index (χ4n) is 1.87. The fraction of sp³-hybridized carbons (Fsp3) is 0.308. The zero-order chi connectivity index (χ0) is 12.3. The molecule has 0 aliphatic carbocycles. The van der Waals surface area contributed by atoms with Gasteiger partial charge in [-0.25, -0.2) is 4.98 Å². The number of aromatic nitrogens is 1. The highest BCUT2D eigenvalue weighted by atomic mass is 32.1. The van der Waals surface area contributed by atoms with Gasteiger partial charge in [0.25, 0.3) is 0 Å². The Balaban J connectivity index is 2.16. The van der Waals surface area contributed by atoms with E-state index in [1.54, 1.807) is 11.3 Å². The topological polar surface area (TPSA) is 50.9 Å². The molecule has 2 rings (SSSR count). The van der Waals surface area contributed by atoms with E-state index in [1.165, 1.54) is 11.1 Å². The number of nitrogens with one attached hydrogen (secondary N) is 1. The summed E-state index contributed by atoms with van der Waals surface area (Å²) in [6.45, 7) is 4.11. The third-order valence-corrected chi connectivity index (χ3v) is 3.55. The van der Waals surface area contributed by atoms with Crippen LogP contribution in [-0.4, -0.2) is 4.98 Å². The molecule has 1 aromatic heterocycles. The minimum atomic E-state index is 0.122. The molecular formula is C13H17N3S. The van der Waals surface area contributed by atoms with Crippen molar-refractivity contribution >= 4 is 11.3 Å². The molecule has 1 heterocycles. The van der Waals surface area contributed by atoms with Crippen LogP contribution in [0.25, 0.3) is 0 Å². The number of nitrogens with two attached hydrogens (primary N) is 1. The third kappa shape index (κ3) is 3.12. The van der Waals surface area contributed by atoms with Gasteiger partial charge in [-0.05, 0) is 19.4 Å². The molecule has 0 saturated carbocycles. The average Bonchev–Trinajstić information content (AvgIpc) is 2.72. The van der Waals surface area contributed by atoms with E-state index < -0.39 is 0 Å². The molecule has 1 unspecified atom stereocenters. The summed E-state index contributed by atoms with van der Waals surface area (Å²) in [4.78, 5) is 4.47. The molecule has 3 nitrogen and oxygen atoms in total. The van der Waals surface area contributed by atoms with Gasteiger partial charge in [0.2, 0.25) is 0 Å². The first kappa shape index (κ1) is 12.2. The van der Waals surface area contributed by atoms with E-state index in [0.717, 1.165) is 17.1 Å². The summed E-state index contributed by atoms with van der Waals surface area (Å²) in [6.07, 6.45) is 0.824. The van der Waals surface area contributed by atoms with Gasteiger partial charge in [-0.1, -0.05) is 29.8 Å². The summed E-state index contributed by atoms with van der Waals surface area (Å²) in [5.41, 5.74) is 6.42. The van der Waals surface area contributed by atoms with Crippen LogP contribution in [0.2, 0.25) is 0 Å². The van der Waals surface area contributed by atoms with Crippen LogP contribution in [0.1, 0.15) is 27.9 Å². The second-order valence-electron chi connectivity index (χ2n) is 4.20. The van der Waals surface area contributed by atoms with Crippen molar-refractivity contribution in [3.8, 4) is 0 Å². The van der Waals surface area contributed by atoms with Crippen molar-refractivity contribution in [2.45, 2.75) is 26.3 Å². The molecular weight excluding hydrogens is 230 g/mol. The number of aryl methyl sites for hydroxylation is 2. The number of benzene rings is 1. The highest BCUT2D eigenvalue weighted by molar-refractivity contribution is 7.09. The standard InChI is InChI=1S/C13H17N3S/c1-9-4-3-5-11(6-9)13(16-14)7-12-8-17-10(2)15-12/h3-6,8,13,16H,7,14H2,1-2H3. The predicted molar refractivity (Wildman–Crippen MR) is 71.8 cm³/mol. The van der Waals surface area contributed by atoms with Crippen LogP contribution in [0.5, 0.6) is 0 Å². The Hall–Kier alpha value is -1.23. The number of rotatable bonds is 4. The molecule has 1 aromatic carbocycles. The molecule has 0 radical (unpaired) electrons. The zero-order valence-corrected chi connectivity index (χ0v) is 10.9. The number of hydrogen-bond donors (Lipinski definition) is 2. The third-order valence-electron chi connectivity index (χ3n) is 2.73. The lowest BCUT2D eigenvalue weighted by molar-refractivity contribution is 0.546. The summed E-state index contributed by atoms with van der Waals surface area (Å²) in [7, 11) is 0. The molecule has 1 atom stereocenters. The van der Waals surface area contributed by atoms with Gasteiger partial charge in [-0.3, -0.25) is 11.3 Å². The Morgan fingerprint density at radius 1 is 1.41 bits per heavy atom. The normalized spacial score (nSPS) is 12.6. The maximum absolute atomic E-state index is 5.64. The van der Waals surface area contributed by atoms with E-state index in [0.29, 0.717) is 0 Å². The quantitative estimate of drug-likeness (QED) is 0.644. The van der Waals surface area contributed by atoms with Crippen molar-refractivity contribution in [1.82, 2.24) is 10.4 Å². The summed E-state index contributed by atoms with van der Waals surface area (Å²) in [5, 5.41) is 3.19. The number of nitrogens with zero attached hydrogens (tertiary/aromatic N) is 1. The largest absolute Gasteiger partial charge is 0.271 e.